The molecular weight excluding hydrogens is 204 g/mol. The van der Waals surface area contributed by atoms with E-state index in [0.29, 0.717) is 5.56 Å². The summed E-state index contributed by atoms with van der Waals surface area (Å²) in [5.41, 5.74) is 0.519. The molecule has 0 bridgehead atoms. The Labute approximate surface area is 94.7 Å². The first-order valence-corrected chi connectivity index (χ1v) is 5.03. The molecule has 0 amide bonds. The van der Waals surface area contributed by atoms with E-state index in [4.69, 9.17) is 4.74 Å². The zero-order valence-corrected chi connectivity index (χ0v) is 9.18. The minimum absolute atomic E-state index is 0.234. The van der Waals surface area contributed by atoms with E-state index < -0.39 is 5.97 Å². The van der Waals surface area contributed by atoms with E-state index in [1.54, 1.807) is 31.2 Å². The van der Waals surface area contributed by atoms with Gasteiger partial charge in [-0.2, -0.15) is 0 Å². The van der Waals surface area contributed by atoms with Gasteiger partial charge in [0.25, 0.3) is 0 Å². The van der Waals surface area contributed by atoms with Crippen LogP contribution in [0.1, 0.15) is 23.7 Å². The topological polar surface area (TPSA) is 43.4 Å². The summed E-state index contributed by atoms with van der Waals surface area (Å²) in [5, 5.41) is 0. The Balaban J connectivity index is 2.52. The SMILES string of the molecule is C=C[C@@H](C)OC(=O)CC(=O)c1ccccc1. The van der Waals surface area contributed by atoms with Gasteiger partial charge in [-0.3, -0.25) is 9.59 Å². The van der Waals surface area contributed by atoms with Crippen LogP contribution in [0.25, 0.3) is 0 Å². The van der Waals surface area contributed by atoms with Crippen LogP contribution in [-0.2, 0) is 9.53 Å². The molecule has 0 fully saturated rings. The number of ether oxygens (including phenoxy) is 1. The van der Waals surface area contributed by atoms with Crippen molar-refractivity contribution in [2.75, 3.05) is 0 Å². The molecule has 1 aromatic carbocycles. The van der Waals surface area contributed by atoms with Gasteiger partial charge in [0.2, 0.25) is 0 Å². The summed E-state index contributed by atoms with van der Waals surface area (Å²) in [7, 11) is 0. The standard InChI is InChI=1S/C13H14O3/c1-3-10(2)16-13(15)9-12(14)11-7-5-4-6-8-11/h3-8,10H,1,9H2,2H3/t10-/m1/s1. The highest BCUT2D eigenvalue weighted by Gasteiger charge is 2.13. The highest BCUT2D eigenvalue weighted by atomic mass is 16.5. The molecule has 1 atom stereocenters. The minimum atomic E-state index is -0.527. The lowest BCUT2D eigenvalue weighted by Gasteiger charge is -2.07. The molecule has 0 N–H and O–H groups in total. The van der Waals surface area contributed by atoms with Gasteiger partial charge in [0.05, 0.1) is 0 Å². The predicted octanol–water partition coefficient (Wildman–Crippen LogP) is 2.38. The van der Waals surface area contributed by atoms with Gasteiger partial charge in [0.1, 0.15) is 12.5 Å². The number of hydrogen-bond acceptors (Lipinski definition) is 3. The Bertz CT molecular complexity index is 381. The molecule has 0 spiro atoms. The predicted molar refractivity (Wildman–Crippen MR) is 61.1 cm³/mol. The Morgan fingerprint density at radius 2 is 2.00 bits per heavy atom. The number of carbonyl (C=O) groups is 2. The molecule has 0 saturated heterocycles. The fourth-order valence-corrected chi connectivity index (χ4v) is 1.15. The van der Waals surface area contributed by atoms with Crippen molar-refractivity contribution < 1.29 is 14.3 Å². The smallest absolute Gasteiger partial charge is 0.314 e. The lowest BCUT2D eigenvalue weighted by Crippen LogP contribution is -2.16. The van der Waals surface area contributed by atoms with Crippen LogP contribution in [0.15, 0.2) is 43.0 Å². The van der Waals surface area contributed by atoms with Gasteiger partial charge >= 0.3 is 5.97 Å². The third-order valence-corrected chi connectivity index (χ3v) is 2.05. The Morgan fingerprint density at radius 1 is 1.38 bits per heavy atom. The number of carbonyl (C=O) groups excluding carboxylic acids is 2. The molecule has 16 heavy (non-hydrogen) atoms. The van der Waals surface area contributed by atoms with Crippen LogP contribution in [-0.4, -0.2) is 17.9 Å². The zero-order chi connectivity index (χ0) is 12.0. The van der Waals surface area contributed by atoms with Crippen molar-refractivity contribution in [3.05, 3.63) is 48.6 Å². The molecular formula is C13H14O3. The second-order valence-corrected chi connectivity index (χ2v) is 3.40. The Hall–Kier alpha value is -1.90. The largest absolute Gasteiger partial charge is 0.458 e. The molecule has 3 heteroatoms. The zero-order valence-electron chi connectivity index (χ0n) is 9.18. The second-order valence-electron chi connectivity index (χ2n) is 3.40. The molecule has 1 rings (SSSR count). The first-order valence-electron chi connectivity index (χ1n) is 5.03. The molecule has 0 unspecified atom stereocenters. The van der Waals surface area contributed by atoms with Crippen molar-refractivity contribution in [1.29, 1.82) is 0 Å². The van der Waals surface area contributed by atoms with Gasteiger partial charge in [0.15, 0.2) is 5.78 Å². The average molecular weight is 218 g/mol. The Morgan fingerprint density at radius 3 is 2.56 bits per heavy atom. The van der Waals surface area contributed by atoms with Gasteiger partial charge in [-0.15, -0.1) is 0 Å². The molecule has 1 aromatic rings. The minimum Gasteiger partial charge on any atom is -0.458 e. The molecule has 0 heterocycles. The maximum atomic E-state index is 11.6. The van der Waals surface area contributed by atoms with E-state index in [-0.39, 0.29) is 18.3 Å². The van der Waals surface area contributed by atoms with Crippen LogP contribution in [0.4, 0.5) is 0 Å². The molecule has 0 aliphatic rings. The van der Waals surface area contributed by atoms with Crippen LogP contribution in [0.3, 0.4) is 0 Å². The van der Waals surface area contributed by atoms with Crippen molar-refractivity contribution in [2.45, 2.75) is 19.4 Å². The summed E-state index contributed by atoms with van der Waals surface area (Å²) in [6, 6.07) is 8.67. The fraction of sp³-hybridized carbons (Fsp3) is 0.231. The van der Waals surface area contributed by atoms with Gasteiger partial charge < -0.3 is 4.74 Å². The van der Waals surface area contributed by atoms with Crippen LogP contribution >= 0.6 is 0 Å². The fourth-order valence-electron chi connectivity index (χ4n) is 1.15. The van der Waals surface area contributed by atoms with E-state index in [2.05, 4.69) is 6.58 Å². The normalized spacial score (nSPS) is 11.6. The van der Waals surface area contributed by atoms with Crippen molar-refractivity contribution in [1.82, 2.24) is 0 Å². The molecule has 0 aliphatic heterocycles. The van der Waals surface area contributed by atoms with Gasteiger partial charge in [-0.25, -0.2) is 0 Å². The molecule has 0 radical (unpaired) electrons. The van der Waals surface area contributed by atoms with Gasteiger partial charge in [-0.05, 0) is 6.92 Å². The summed E-state index contributed by atoms with van der Waals surface area (Å²) in [6.07, 6.45) is 0.906. The number of ketones is 1. The Kier molecular flexibility index (Phi) is 4.45. The summed E-state index contributed by atoms with van der Waals surface area (Å²) < 4.78 is 4.91. The maximum absolute atomic E-state index is 11.6. The van der Waals surface area contributed by atoms with E-state index in [9.17, 15) is 9.59 Å². The quantitative estimate of drug-likeness (QED) is 0.330. The summed E-state index contributed by atoms with van der Waals surface area (Å²) in [6.45, 7) is 5.18. The third-order valence-electron chi connectivity index (χ3n) is 2.05. The lowest BCUT2D eigenvalue weighted by molar-refractivity contribution is -0.144. The molecule has 3 nitrogen and oxygen atoms in total. The number of benzene rings is 1. The highest BCUT2D eigenvalue weighted by molar-refractivity contribution is 6.05. The second kappa shape index (κ2) is 5.85. The number of Topliss-reactive ketones (excluding diaryl/α,β-unsaturated/α-hetero) is 1. The summed E-state index contributed by atoms with van der Waals surface area (Å²) >= 11 is 0. The van der Waals surface area contributed by atoms with Crippen LogP contribution in [0.5, 0.6) is 0 Å². The lowest BCUT2D eigenvalue weighted by atomic mass is 10.1. The molecule has 0 saturated carbocycles. The maximum Gasteiger partial charge on any atom is 0.314 e. The number of esters is 1. The van der Waals surface area contributed by atoms with E-state index >= 15 is 0 Å². The molecule has 0 aliphatic carbocycles. The van der Waals surface area contributed by atoms with Crippen LogP contribution < -0.4 is 0 Å². The summed E-state index contributed by atoms with van der Waals surface area (Å²) in [5.74, 6) is -0.761. The molecule has 84 valence electrons. The van der Waals surface area contributed by atoms with Crippen molar-refractivity contribution in [3.63, 3.8) is 0 Å². The van der Waals surface area contributed by atoms with E-state index in [1.807, 2.05) is 6.07 Å². The first kappa shape index (κ1) is 12.2. The van der Waals surface area contributed by atoms with Crippen molar-refractivity contribution >= 4 is 11.8 Å². The highest BCUT2D eigenvalue weighted by Crippen LogP contribution is 2.05. The van der Waals surface area contributed by atoms with Crippen molar-refractivity contribution in [2.24, 2.45) is 0 Å². The summed E-state index contributed by atoms with van der Waals surface area (Å²) in [4.78, 5) is 22.9. The third kappa shape index (κ3) is 3.69. The molecule has 0 aromatic heterocycles. The van der Waals surface area contributed by atoms with E-state index in [0.717, 1.165) is 0 Å². The van der Waals surface area contributed by atoms with E-state index in [1.165, 1.54) is 6.08 Å². The van der Waals surface area contributed by atoms with Gasteiger partial charge in [0, 0.05) is 5.56 Å². The van der Waals surface area contributed by atoms with Crippen molar-refractivity contribution in [3.8, 4) is 0 Å². The first-order chi connectivity index (χ1) is 7.63. The monoisotopic (exact) mass is 218 g/mol. The number of hydrogen-bond donors (Lipinski definition) is 0. The van der Waals surface area contributed by atoms with Crippen LogP contribution in [0, 0.1) is 0 Å². The van der Waals surface area contributed by atoms with Crippen LogP contribution in [0.2, 0.25) is 0 Å². The number of rotatable bonds is 5. The van der Waals surface area contributed by atoms with Gasteiger partial charge in [-0.1, -0.05) is 43.0 Å². The average Bonchev–Trinajstić information content (AvgIpc) is 2.29.